The van der Waals surface area contributed by atoms with E-state index in [9.17, 15) is 4.79 Å². The van der Waals surface area contributed by atoms with Crippen LogP contribution in [-0.2, 0) is 17.7 Å². The van der Waals surface area contributed by atoms with Crippen molar-refractivity contribution in [1.29, 1.82) is 0 Å². The molecule has 1 N–H and O–H groups in total. The molecule has 1 aliphatic carbocycles. The Morgan fingerprint density at radius 1 is 1.17 bits per heavy atom. The summed E-state index contributed by atoms with van der Waals surface area (Å²) in [6.07, 6.45) is 9.87. The smallest absolute Gasteiger partial charge is 0.273 e. The first-order chi connectivity index (χ1) is 17.7. The first-order valence-electron chi connectivity index (χ1n) is 13.3. The van der Waals surface area contributed by atoms with Crippen LogP contribution in [-0.4, -0.2) is 59.2 Å². The summed E-state index contributed by atoms with van der Waals surface area (Å²) in [6.45, 7) is 4.63. The van der Waals surface area contributed by atoms with E-state index in [0.717, 1.165) is 79.5 Å². The van der Waals surface area contributed by atoms with Crippen molar-refractivity contribution >= 4 is 28.1 Å². The van der Waals surface area contributed by atoms with E-state index in [1.54, 1.807) is 17.5 Å². The standard InChI is InChI=1S/C28H34N4O3S/c33-27(23-3-1-5-24-22(23)4-2-13-29-24)30-20-8-6-19(7-9-20)10-14-32-15-11-26-25(17-32)31-28(36-26)35-18-21-12-16-34-21/h1-5,13,19-21H,6-12,14-18H2,(H,30,33)/t19-,20-,21?. The molecule has 1 atom stereocenters. The number of pyridine rings is 1. The van der Waals surface area contributed by atoms with Gasteiger partial charge in [-0.3, -0.25) is 14.7 Å². The van der Waals surface area contributed by atoms with Crippen LogP contribution in [0.1, 0.15) is 59.5 Å². The van der Waals surface area contributed by atoms with Gasteiger partial charge in [0.1, 0.15) is 6.61 Å². The SMILES string of the molecule is O=C(N[C@H]1CC[C@H](CCN2CCc3sc(OCC4CCO4)nc3C2)CC1)c1cccc2ncccc12. The molecule has 4 heterocycles. The number of ether oxygens (including phenoxy) is 2. The highest BCUT2D eigenvalue weighted by Gasteiger charge is 2.26. The fourth-order valence-corrected chi connectivity index (χ4v) is 6.50. The van der Waals surface area contributed by atoms with Crippen LogP contribution in [0.3, 0.4) is 0 Å². The largest absolute Gasteiger partial charge is 0.467 e. The van der Waals surface area contributed by atoms with Gasteiger partial charge in [-0.25, -0.2) is 4.98 Å². The highest BCUT2D eigenvalue weighted by molar-refractivity contribution is 7.13. The minimum Gasteiger partial charge on any atom is -0.467 e. The summed E-state index contributed by atoms with van der Waals surface area (Å²) in [7, 11) is 0. The van der Waals surface area contributed by atoms with Crippen LogP contribution in [0.2, 0.25) is 0 Å². The molecule has 1 aromatic carbocycles. The quantitative estimate of drug-likeness (QED) is 0.481. The molecule has 2 aromatic heterocycles. The van der Waals surface area contributed by atoms with E-state index in [2.05, 4.69) is 15.2 Å². The summed E-state index contributed by atoms with van der Waals surface area (Å²) in [6, 6.07) is 9.88. The van der Waals surface area contributed by atoms with Gasteiger partial charge in [-0.15, -0.1) is 0 Å². The van der Waals surface area contributed by atoms with Gasteiger partial charge in [-0.2, -0.15) is 0 Å². The summed E-state index contributed by atoms with van der Waals surface area (Å²) in [4.78, 5) is 26.0. The molecule has 1 saturated carbocycles. The number of amides is 1. The second kappa shape index (κ2) is 10.8. The van der Waals surface area contributed by atoms with Crippen LogP contribution in [0.5, 0.6) is 5.19 Å². The number of aromatic nitrogens is 2. The predicted octanol–water partition coefficient (Wildman–Crippen LogP) is 4.60. The average Bonchev–Trinajstić information content (AvgIpc) is 3.29. The van der Waals surface area contributed by atoms with Crippen molar-refractivity contribution in [3.63, 3.8) is 0 Å². The molecular formula is C28H34N4O3S. The van der Waals surface area contributed by atoms with Crippen LogP contribution in [0, 0.1) is 5.92 Å². The van der Waals surface area contributed by atoms with E-state index >= 15 is 0 Å². The van der Waals surface area contributed by atoms with E-state index in [-0.39, 0.29) is 18.1 Å². The molecule has 1 saturated heterocycles. The second-order valence-electron chi connectivity index (χ2n) is 10.3. The van der Waals surface area contributed by atoms with Gasteiger partial charge in [0.15, 0.2) is 0 Å². The Bertz CT molecular complexity index is 1200. The minimum atomic E-state index is 0.0213. The number of hydrogen-bond donors (Lipinski definition) is 1. The van der Waals surface area contributed by atoms with Crippen molar-refractivity contribution in [2.75, 3.05) is 26.3 Å². The zero-order valence-corrected chi connectivity index (χ0v) is 21.5. The van der Waals surface area contributed by atoms with Crippen LogP contribution in [0.25, 0.3) is 10.9 Å². The maximum atomic E-state index is 13.0. The number of nitrogens with zero attached hydrogens (tertiary/aromatic N) is 3. The van der Waals surface area contributed by atoms with Crippen molar-refractivity contribution < 1.29 is 14.3 Å². The highest BCUT2D eigenvalue weighted by Crippen LogP contribution is 2.32. The molecule has 6 rings (SSSR count). The summed E-state index contributed by atoms with van der Waals surface area (Å²) in [5, 5.41) is 5.01. The van der Waals surface area contributed by atoms with Crippen molar-refractivity contribution in [3.8, 4) is 5.19 Å². The van der Waals surface area contributed by atoms with Crippen molar-refractivity contribution in [1.82, 2.24) is 20.2 Å². The van der Waals surface area contributed by atoms with Crippen molar-refractivity contribution in [2.45, 2.75) is 63.6 Å². The molecule has 36 heavy (non-hydrogen) atoms. The lowest BCUT2D eigenvalue weighted by atomic mass is 9.84. The molecule has 190 valence electrons. The van der Waals surface area contributed by atoms with E-state index in [1.165, 1.54) is 29.8 Å². The number of rotatable bonds is 8. The van der Waals surface area contributed by atoms with Crippen LogP contribution >= 0.6 is 11.3 Å². The van der Waals surface area contributed by atoms with Crippen LogP contribution in [0.15, 0.2) is 36.5 Å². The van der Waals surface area contributed by atoms with Gasteiger partial charge in [-0.1, -0.05) is 23.5 Å². The number of nitrogens with one attached hydrogen (secondary N) is 1. The van der Waals surface area contributed by atoms with Gasteiger partial charge >= 0.3 is 0 Å². The predicted molar refractivity (Wildman–Crippen MR) is 141 cm³/mol. The Morgan fingerprint density at radius 2 is 2.06 bits per heavy atom. The number of benzene rings is 1. The van der Waals surface area contributed by atoms with Gasteiger partial charge in [0.25, 0.3) is 11.1 Å². The Morgan fingerprint density at radius 3 is 2.89 bits per heavy atom. The van der Waals surface area contributed by atoms with Crippen LogP contribution < -0.4 is 10.1 Å². The molecule has 3 aromatic rings. The van der Waals surface area contributed by atoms with E-state index in [1.807, 2.05) is 30.3 Å². The van der Waals surface area contributed by atoms with E-state index in [0.29, 0.717) is 6.61 Å². The molecule has 0 bridgehead atoms. The van der Waals surface area contributed by atoms with Gasteiger partial charge < -0.3 is 14.8 Å². The van der Waals surface area contributed by atoms with Gasteiger partial charge in [-0.05, 0) is 69.2 Å². The first kappa shape index (κ1) is 23.8. The molecule has 3 aliphatic rings. The maximum absolute atomic E-state index is 13.0. The molecule has 1 amide bonds. The summed E-state index contributed by atoms with van der Waals surface area (Å²) in [5.74, 6) is 0.756. The Labute approximate surface area is 216 Å². The van der Waals surface area contributed by atoms with Gasteiger partial charge in [0, 0.05) is 54.2 Å². The monoisotopic (exact) mass is 506 g/mol. The lowest BCUT2D eigenvalue weighted by molar-refractivity contribution is -0.0721. The number of fused-ring (bicyclic) bond motifs is 2. The zero-order chi connectivity index (χ0) is 24.3. The maximum Gasteiger partial charge on any atom is 0.273 e. The van der Waals surface area contributed by atoms with E-state index in [4.69, 9.17) is 14.5 Å². The molecule has 2 fully saturated rings. The van der Waals surface area contributed by atoms with Crippen molar-refractivity contribution in [3.05, 3.63) is 52.7 Å². The van der Waals surface area contributed by atoms with Gasteiger partial charge in [0.05, 0.1) is 17.3 Å². The lowest BCUT2D eigenvalue weighted by Crippen LogP contribution is -2.38. The van der Waals surface area contributed by atoms with Gasteiger partial charge in [0.2, 0.25) is 0 Å². The Kier molecular flexibility index (Phi) is 7.16. The normalized spacial score (nSPS) is 24.2. The van der Waals surface area contributed by atoms with Crippen LogP contribution in [0.4, 0.5) is 0 Å². The number of hydrogen-bond acceptors (Lipinski definition) is 7. The van der Waals surface area contributed by atoms with Crippen molar-refractivity contribution in [2.24, 2.45) is 5.92 Å². The molecule has 1 unspecified atom stereocenters. The third-order valence-electron chi connectivity index (χ3n) is 7.90. The van der Waals surface area contributed by atoms with E-state index < -0.39 is 0 Å². The molecular weight excluding hydrogens is 472 g/mol. The molecule has 0 radical (unpaired) electrons. The molecule has 0 spiro atoms. The third kappa shape index (κ3) is 5.41. The first-order valence-corrected chi connectivity index (χ1v) is 14.1. The molecule has 7 nitrogen and oxygen atoms in total. The number of carbonyl (C=O) groups excluding carboxylic acids is 1. The number of thiazole rings is 1. The molecule has 2 aliphatic heterocycles. The fraction of sp³-hybridized carbons (Fsp3) is 0.536. The molecule has 8 heteroatoms. The summed E-state index contributed by atoms with van der Waals surface area (Å²) < 4.78 is 11.3. The summed E-state index contributed by atoms with van der Waals surface area (Å²) in [5.41, 5.74) is 2.79. The third-order valence-corrected chi connectivity index (χ3v) is 8.97. The Hall–Kier alpha value is -2.55. The second-order valence-corrected chi connectivity index (χ2v) is 11.4. The average molecular weight is 507 g/mol. The lowest BCUT2D eigenvalue weighted by Gasteiger charge is -2.32. The zero-order valence-electron chi connectivity index (χ0n) is 20.7. The minimum absolute atomic E-state index is 0.0213. The fourth-order valence-electron chi connectivity index (χ4n) is 5.59. The Balaban J connectivity index is 0.942. The number of carbonyl (C=O) groups is 1. The highest BCUT2D eigenvalue weighted by atomic mass is 32.1. The topological polar surface area (TPSA) is 76.6 Å². The summed E-state index contributed by atoms with van der Waals surface area (Å²) >= 11 is 1.71.